The van der Waals surface area contributed by atoms with Crippen molar-refractivity contribution < 1.29 is 20.1 Å². The van der Waals surface area contributed by atoms with E-state index in [2.05, 4.69) is 16.8 Å². The molecule has 0 saturated carbocycles. The zero-order valence-electron chi connectivity index (χ0n) is 17.1. The lowest BCUT2D eigenvalue weighted by Gasteiger charge is -2.14. The van der Waals surface area contributed by atoms with Gasteiger partial charge in [0.15, 0.2) is 0 Å². The minimum atomic E-state index is -0.737. The molecule has 0 spiro atoms. The summed E-state index contributed by atoms with van der Waals surface area (Å²) < 4.78 is 7.17. The van der Waals surface area contributed by atoms with Gasteiger partial charge in [0.05, 0.1) is 12.7 Å². The van der Waals surface area contributed by atoms with Gasteiger partial charge in [0.2, 0.25) is 0 Å². The van der Waals surface area contributed by atoms with Gasteiger partial charge in [-0.3, -0.25) is 0 Å². The maximum atomic E-state index is 9.80. The molecule has 3 atom stereocenters. The van der Waals surface area contributed by atoms with Crippen molar-refractivity contribution in [3.63, 3.8) is 0 Å². The van der Waals surface area contributed by atoms with Crippen LogP contribution in [0.2, 0.25) is 0 Å². The lowest BCUT2D eigenvalue weighted by Crippen LogP contribution is -2.15. The summed E-state index contributed by atoms with van der Waals surface area (Å²) in [6, 6.07) is 15.0. The molecule has 6 heteroatoms. The molecule has 0 aliphatic carbocycles. The SMILES string of the molecule is C[C@H](O)COc1ccc(-c2ccc(C#C[C@@H](CO)n3ccnc3[C@H](C)O)cc2)cc1. The van der Waals surface area contributed by atoms with Gasteiger partial charge >= 0.3 is 0 Å². The van der Waals surface area contributed by atoms with Crippen LogP contribution in [-0.4, -0.2) is 44.2 Å². The van der Waals surface area contributed by atoms with Crippen LogP contribution in [-0.2, 0) is 0 Å². The predicted octanol–water partition coefficient (Wildman–Crippen LogP) is 2.95. The number of aliphatic hydroxyl groups is 3. The second kappa shape index (κ2) is 10.1. The largest absolute Gasteiger partial charge is 0.491 e. The number of aromatic nitrogens is 2. The predicted molar refractivity (Wildman–Crippen MR) is 115 cm³/mol. The van der Waals surface area contributed by atoms with Crippen molar-refractivity contribution in [3.8, 4) is 28.7 Å². The minimum absolute atomic E-state index is 0.176. The highest BCUT2D eigenvalue weighted by molar-refractivity contribution is 5.65. The molecular formula is C24H26N2O4. The Labute approximate surface area is 176 Å². The van der Waals surface area contributed by atoms with E-state index in [0.717, 1.165) is 16.7 Å². The Morgan fingerprint density at radius 2 is 1.63 bits per heavy atom. The Hall–Kier alpha value is -3.11. The van der Waals surface area contributed by atoms with E-state index in [9.17, 15) is 15.3 Å². The molecule has 0 amide bonds. The summed E-state index contributed by atoms with van der Waals surface area (Å²) in [6.07, 6.45) is 2.05. The van der Waals surface area contributed by atoms with Gasteiger partial charge in [-0.25, -0.2) is 4.98 Å². The molecule has 30 heavy (non-hydrogen) atoms. The van der Waals surface area contributed by atoms with Gasteiger partial charge in [0.1, 0.15) is 30.3 Å². The molecule has 0 saturated heterocycles. The first-order valence-corrected chi connectivity index (χ1v) is 9.82. The summed E-state index contributed by atoms with van der Waals surface area (Å²) in [7, 11) is 0. The molecule has 3 N–H and O–H groups in total. The van der Waals surface area contributed by atoms with E-state index in [-0.39, 0.29) is 13.2 Å². The lowest BCUT2D eigenvalue weighted by molar-refractivity contribution is 0.123. The summed E-state index contributed by atoms with van der Waals surface area (Å²) in [5.74, 6) is 7.32. The summed E-state index contributed by atoms with van der Waals surface area (Å²) >= 11 is 0. The first kappa shape index (κ1) is 21.6. The molecule has 3 rings (SSSR count). The van der Waals surface area contributed by atoms with Crippen LogP contribution in [0.1, 0.15) is 37.4 Å². The first-order valence-electron chi connectivity index (χ1n) is 9.82. The second-order valence-electron chi connectivity index (χ2n) is 7.10. The molecule has 6 nitrogen and oxygen atoms in total. The molecule has 0 aliphatic rings. The average Bonchev–Trinajstić information content (AvgIpc) is 3.24. The number of imidazole rings is 1. The molecule has 156 valence electrons. The fourth-order valence-electron chi connectivity index (χ4n) is 2.99. The fraction of sp³-hybridized carbons (Fsp3) is 0.292. The molecule has 0 radical (unpaired) electrons. The maximum Gasteiger partial charge on any atom is 0.138 e. The number of ether oxygens (including phenoxy) is 1. The van der Waals surface area contributed by atoms with Crippen LogP contribution in [0, 0.1) is 11.8 Å². The van der Waals surface area contributed by atoms with Crippen LogP contribution in [0.25, 0.3) is 11.1 Å². The molecule has 0 bridgehead atoms. The van der Waals surface area contributed by atoms with Crippen molar-refractivity contribution in [1.29, 1.82) is 0 Å². The van der Waals surface area contributed by atoms with Gasteiger partial charge in [-0.1, -0.05) is 36.1 Å². The molecule has 1 aromatic heterocycles. The van der Waals surface area contributed by atoms with Crippen LogP contribution in [0.4, 0.5) is 0 Å². The van der Waals surface area contributed by atoms with Crippen LogP contribution in [0.5, 0.6) is 5.75 Å². The highest BCUT2D eigenvalue weighted by Crippen LogP contribution is 2.23. The zero-order valence-corrected chi connectivity index (χ0v) is 17.1. The normalized spacial score (nSPS) is 13.8. The Kier molecular flexibility index (Phi) is 7.26. The van der Waals surface area contributed by atoms with E-state index >= 15 is 0 Å². The quantitative estimate of drug-likeness (QED) is 0.525. The topological polar surface area (TPSA) is 87.7 Å². The monoisotopic (exact) mass is 406 g/mol. The van der Waals surface area contributed by atoms with Gasteiger partial charge in [-0.15, -0.1) is 0 Å². The van der Waals surface area contributed by atoms with Crippen LogP contribution in [0.3, 0.4) is 0 Å². The van der Waals surface area contributed by atoms with Crippen molar-refractivity contribution in [1.82, 2.24) is 9.55 Å². The standard InChI is InChI=1S/C24H26N2O4/c1-17(28)16-30-23-11-8-21(9-12-23)20-6-3-19(4-7-20)5-10-22(15-27)26-14-13-25-24(26)18(2)29/h3-4,6-9,11-14,17-18,22,27-29H,15-16H2,1-2H3/t17-,18-,22-/m0/s1. The van der Waals surface area contributed by atoms with Gasteiger partial charge in [0, 0.05) is 18.0 Å². The Morgan fingerprint density at radius 3 is 2.20 bits per heavy atom. The smallest absolute Gasteiger partial charge is 0.138 e. The Bertz CT molecular complexity index is 996. The van der Waals surface area contributed by atoms with Gasteiger partial charge in [-0.2, -0.15) is 0 Å². The van der Waals surface area contributed by atoms with Gasteiger partial charge < -0.3 is 24.6 Å². The van der Waals surface area contributed by atoms with Crippen LogP contribution in [0.15, 0.2) is 60.9 Å². The molecule has 1 heterocycles. The molecular weight excluding hydrogens is 380 g/mol. The zero-order chi connectivity index (χ0) is 21.5. The van der Waals surface area contributed by atoms with Gasteiger partial charge in [0.25, 0.3) is 0 Å². The van der Waals surface area contributed by atoms with Crippen molar-refractivity contribution in [3.05, 3.63) is 72.3 Å². The number of hydrogen-bond acceptors (Lipinski definition) is 5. The minimum Gasteiger partial charge on any atom is -0.491 e. The Balaban J connectivity index is 1.71. The molecule has 0 unspecified atom stereocenters. The summed E-state index contributed by atoms with van der Waals surface area (Å²) in [5.41, 5.74) is 2.92. The van der Waals surface area contributed by atoms with E-state index < -0.39 is 18.2 Å². The highest BCUT2D eigenvalue weighted by Gasteiger charge is 2.14. The van der Waals surface area contributed by atoms with Crippen molar-refractivity contribution >= 4 is 0 Å². The van der Waals surface area contributed by atoms with Crippen molar-refractivity contribution in [2.45, 2.75) is 32.1 Å². The second-order valence-corrected chi connectivity index (χ2v) is 7.10. The van der Waals surface area contributed by atoms with E-state index in [4.69, 9.17) is 4.74 Å². The third-order valence-corrected chi connectivity index (χ3v) is 4.53. The molecule has 2 aromatic carbocycles. The van der Waals surface area contributed by atoms with E-state index in [1.165, 1.54) is 0 Å². The van der Waals surface area contributed by atoms with Crippen LogP contribution >= 0.6 is 0 Å². The lowest BCUT2D eigenvalue weighted by atomic mass is 10.0. The van der Waals surface area contributed by atoms with E-state index in [0.29, 0.717) is 11.6 Å². The molecule has 3 aromatic rings. The number of benzene rings is 2. The number of nitrogens with zero attached hydrogens (tertiary/aromatic N) is 2. The van der Waals surface area contributed by atoms with Gasteiger partial charge in [-0.05, 0) is 49.2 Å². The summed E-state index contributed by atoms with van der Waals surface area (Å²) in [6.45, 7) is 3.40. The number of aliphatic hydroxyl groups excluding tert-OH is 3. The van der Waals surface area contributed by atoms with Crippen molar-refractivity contribution in [2.75, 3.05) is 13.2 Å². The summed E-state index contributed by atoms with van der Waals surface area (Å²) in [4.78, 5) is 4.12. The van der Waals surface area contributed by atoms with Crippen molar-refractivity contribution in [2.24, 2.45) is 0 Å². The summed E-state index contributed by atoms with van der Waals surface area (Å²) in [5, 5.41) is 28.8. The molecule has 0 aliphatic heterocycles. The van der Waals surface area contributed by atoms with Crippen LogP contribution < -0.4 is 4.74 Å². The third-order valence-electron chi connectivity index (χ3n) is 4.53. The average molecular weight is 406 g/mol. The van der Waals surface area contributed by atoms with E-state index in [1.807, 2.05) is 48.5 Å². The van der Waals surface area contributed by atoms with E-state index in [1.54, 1.807) is 30.8 Å². The number of rotatable bonds is 7. The third kappa shape index (κ3) is 5.49. The Morgan fingerprint density at radius 1 is 1.00 bits per heavy atom. The fourth-order valence-corrected chi connectivity index (χ4v) is 2.99. The maximum absolute atomic E-state index is 9.80. The highest BCUT2D eigenvalue weighted by atomic mass is 16.5. The molecule has 0 fully saturated rings. The number of hydrogen-bond donors (Lipinski definition) is 3. The first-order chi connectivity index (χ1) is 14.5.